The Morgan fingerprint density at radius 1 is 1.28 bits per heavy atom. The SMILES string of the molecule is CC(C)CN(C(=O)c1cccc(N)c1)C(C)C.Cl. The van der Waals surface area contributed by atoms with Gasteiger partial charge in [-0.15, -0.1) is 12.4 Å². The summed E-state index contributed by atoms with van der Waals surface area (Å²) >= 11 is 0. The number of hydrogen-bond acceptors (Lipinski definition) is 2. The summed E-state index contributed by atoms with van der Waals surface area (Å²) in [6.45, 7) is 9.06. The van der Waals surface area contributed by atoms with Gasteiger partial charge >= 0.3 is 0 Å². The molecule has 0 radical (unpaired) electrons. The zero-order chi connectivity index (χ0) is 13.0. The predicted octanol–water partition coefficient (Wildman–Crippen LogP) is 3.20. The van der Waals surface area contributed by atoms with Crippen molar-refractivity contribution in [3.8, 4) is 0 Å². The molecule has 0 spiro atoms. The number of hydrogen-bond donors (Lipinski definition) is 1. The van der Waals surface area contributed by atoms with Crippen molar-refractivity contribution >= 4 is 24.0 Å². The number of halogens is 1. The van der Waals surface area contributed by atoms with Crippen LogP contribution >= 0.6 is 12.4 Å². The van der Waals surface area contributed by atoms with Gasteiger partial charge < -0.3 is 10.6 Å². The van der Waals surface area contributed by atoms with Gasteiger partial charge in [0, 0.05) is 23.8 Å². The van der Waals surface area contributed by atoms with E-state index in [2.05, 4.69) is 13.8 Å². The van der Waals surface area contributed by atoms with E-state index in [4.69, 9.17) is 5.73 Å². The maximum atomic E-state index is 12.3. The topological polar surface area (TPSA) is 46.3 Å². The lowest BCUT2D eigenvalue weighted by atomic mass is 10.1. The molecule has 1 rings (SSSR count). The number of carbonyl (C=O) groups excluding carboxylic acids is 1. The Labute approximate surface area is 116 Å². The van der Waals surface area contributed by atoms with Crippen LogP contribution in [0.3, 0.4) is 0 Å². The summed E-state index contributed by atoms with van der Waals surface area (Å²) in [7, 11) is 0. The first-order valence-corrected chi connectivity index (χ1v) is 6.08. The van der Waals surface area contributed by atoms with Crippen molar-refractivity contribution in [1.29, 1.82) is 0 Å². The van der Waals surface area contributed by atoms with E-state index in [1.165, 1.54) is 0 Å². The highest BCUT2D eigenvalue weighted by molar-refractivity contribution is 5.95. The number of carbonyl (C=O) groups is 1. The number of rotatable bonds is 4. The highest BCUT2D eigenvalue weighted by Gasteiger charge is 2.19. The van der Waals surface area contributed by atoms with Crippen LogP contribution in [0.15, 0.2) is 24.3 Å². The van der Waals surface area contributed by atoms with Gasteiger partial charge in [-0.25, -0.2) is 0 Å². The van der Waals surface area contributed by atoms with E-state index in [0.29, 0.717) is 17.2 Å². The normalized spacial score (nSPS) is 10.3. The van der Waals surface area contributed by atoms with Crippen molar-refractivity contribution in [3.63, 3.8) is 0 Å². The summed E-state index contributed by atoms with van der Waals surface area (Å²) in [5.41, 5.74) is 7.00. The van der Waals surface area contributed by atoms with Gasteiger partial charge in [-0.05, 0) is 38.0 Å². The lowest BCUT2D eigenvalue weighted by Gasteiger charge is -2.28. The summed E-state index contributed by atoms with van der Waals surface area (Å²) in [5, 5.41) is 0. The largest absolute Gasteiger partial charge is 0.399 e. The van der Waals surface area contributed by atoms with Crippen LogP contribution in [-0.2, 0) is 0 Å². The number of benzene rings is 1. The molecule has 102 valence electrons. The lowest BCUT2D eigenvalue weighted by Crippen LogP contribution is -2.39. The number of nitrogen functional groups attached to an aromatic ring is 1. The van der Waals surface area contributed by atoms with Crippen molar-refractivity contribution in [2.45, 2.75) is 33.7 Å². The summed E-state index contributed by atoms with van der Waals surface area (Å²) in [5.74, 6) is 0.517. The Morgan fingerprint density at radius 3 is 2.33 bits per heavy atom. The van der Waals surface area contributed by atoms with Crippen LogP contribution in [0.4, 0.5) is 5.69 Å². The van der Waals surface area contributed by atoms with E-state index in [0.717, 1.165) is 6.54 Å². The van der Waals surface area contributed by atoms with Crippen LogP contribution in [0.1, 0.15) is 38.1 Å². The highest BCUT2D eigenvalue weighted by atomic mass is 35.5. The zero-order valence-electron chi connectivity index (χ0n) is 11.5. The number of nitrogens with two attached hydrogens (primary N) is 1. The minimum Gasteiger partial charge on any atom is -0.399 e. The maximum absolute atomic E-state index is 12.3. The molecule has 1 aromatic carbocycles. The third kappa shape index (κ3) is 4.57. The van der Waals surface area contributed by atoms with E-state index in [-0.39, 0.29) is 24.4 Å². The fraction of sp³-hybridized carbons (Fsp3) is 0.500. The summed E-state index contributed by atoms with van der Waals surface area (Å²) < 4.78 is 0. The van der Waals surface area contributed by atoms with Crippen molar-refractivity contribution < 1.29 is 4.79 Å². The first kappa shape index (κ1) is 16.8. The van der Waals surface area contributed by atoms with Crippen molar-refractivity contribution in [2.24, 2.45) is 5.92 Å². The second-order valence-corrected chi connectivity index (χ2v) is 5.07. The third-order valence-corrected chi connectivity index (χ3v) is 2.58. The van der Waals surface area contributed by atoms with Crippen LogP contribution in [0, 0.1) is 5.92 Å². The quantitative estimate of drug-likeness (QED) is 0.854. The Balaban J connectivity index is 0.00000289. The van der Waals surface area contributed by atoms with Crippen LogP contribution in [0.5, 0.6) is 0 Å². The van der Waals surface area contributed by atoms with E-state index in [9.17, 15) is 4.79 Å². The van der Waals surface area contributed by atoms with Gasteiger partial charge in [-0.2, -0.15) is 0 Å². The molecule has 2 N–H and O–H groups in total. The second kappa shape index (κ2) is 7.27. The first-order valence-electron chi connectivity index (χ1n) is 6.08. The van der Waals surface area contributed by atoms with Crippen molar-refractivity contribution in [1.82, 2.24) is 4.90 Å². The molecule has 0 aliphatic heterocycles. The molecule has 18 heavy (non-hydrogen) atoms. The molecule has 0 fully saturated rings. The van der Waals surface area contributed by atoms with Gasteiger partial charge in [-0.1, -0.05) is 19.9 Å². The van der Waals surface area contributed by atoms with Crippen molar-refractivity contribution in [2.75, 3.05) is 12.3 Å². The molecule has 0 unspecified atom stereocenters. The molecule has 0 aromatic heterocycles. The Bertz CT molecular complexity index is 391. The zero-order valence-corrected chi connectivity index (χ0v) is 12.3. The molecular formula is C14H23ClN2O. The average molecular weight is 271 g/mol. The summed E-state index contributed by atoms with van der Waals surface area (Å²) in [4.78, 5) is 14.2. The second-order valence-electron chi connectivity index (χ2n) is 5.07. The Hall–Kier alpha value is -1.22. The number of nitrogens with zero attached hydrogens (tertiary/aromatic N) is 1. The van der Waals surface area contributed by atoms with Gasteiger partial charge in [0.2, 0.25) is 0 Å². The van der Waals surface area contributed by atoms with Gasteiger partial charge in [0.15, 0.2) is 0 Å². The van der Waals surface area contributed by atoms with E-state index in [1.54, 1.807) is 12.1 Å². The minimum atomic E-state index is 0. The van der Waals surface area contributed by atoms with Crippen LogP contribution < -0.4 is 5.73 Å². The molecule has 0 saturated heterocycles. The van der Waals surface area contributed by atoms with Crippen LogP contribution in [0.2, 0.25) is 0 Å². The molecule has 0 saturated carbocycles. The predicted molar refractivity (Wildman–Crippen MR) is 79.1 cm³/mol. The molecule has 1 amide bonds. The smallest absolute Gasteiger partial charge is 0.254 e. The van der Waals surface area contributed by atoms with Crippen molar-refractivity contribution in [3.05, 3.63) is 29.8 Å². The Kier molecular flexibility index (Phi) is 6.77. The van der Waals surface area contributed by atoms with E-state index in [1.807, 2.05) is 30.9 Å². The third-order valence-electron chi connectivity index (χ3n) is 2.58. The Morgan fingerprint density at radius 2 is 1.89 bits per heavy atom. The highest BCUT2D eigenvalue weighted by Crippen LogP contribution is 2.13. The van der Waals surface area contributed by atoms with Gasteiger partial charge in [0.25, 0.3) is 5.91 Å². The number of anilines is 1. The van der Waals surface area contributed by atoms with Crippen LogP contribution in [-0.4, -0.2) is 23.4 Å². The molecule has 0 heterocycles. The maximum Gasteiger partial charge on any atom is 0.254 e. The number of amides is 1. The fourth-order valence-electron chi connectivity index (χ4n) is 1.76. The molecule has 1 aromatic rings. The molecular weight excluding hydrogens is 248 g/mol. The minimum absolute atomic E-state index is 0. The fourth-order valence-corrected chi connectivity index (χ4v) is 1.76. The average Bonchev–Trinajstić information content (AvgIpc) is 2.24. The molecule has 3 nitrogen and oxygen atoms in total. The van der Waals surface area contributed by atoms with Gasteiger partial charge in [0.1, 0.15) is 0 Å². The first-order chi connectivity index (χ1) is 7.91. The molecule has 0 aliphatic rings. The molecule has 4 heteroatoms. The van der Waals surface area contributed by atoms with E-state index < -0.39 is 0 Å². The molecule has 0 atom stereocenters. The summed E-state index contributed by atoms with van der Waals surface area (Å²) in [6.07, 6.45) is 0. The van der Waals surface area contributed by atoms with E-state index >= 15 is 0 Å². The summed E-state index contributed by atoms with van der Waals surface area (Å²) in [6, 6.07) is 7.35. The van der Waals surface area contributed by atoms with Gasteiger partial charge in [-0.3, -0.25) is 4.79 Å². The van der Waals surface area contributed by atoms with Gasteiger partial charge in [0.05, 0.1) is 0 Å². The lowest BCUT2D eigenvalue weighted by molar-refractivity contribution is 0.0682. The monoisotopic (exact) mass is 270 g/mol. The molecule has 0 aliphatic carbocycles. The van der Waals surface area contributed by atoms with Crippen LogP contribution in [0.25, 0.3) is 0 Å². The standard InChI is InChI=1S/C14H22N2O.ClH/c1-10(2)9-16(11(3)4)14(17)12-6-5-7-13(15)8-12;/h5-8,10-11H,9,15H2,1-4H3;1H. The molecule has 0 bridgehead atoms.